The van der Waals surface area contributed by atoms with E-state index in [1.807, 2.05) is 55.5 Å². The van der Waals surface area contributed by atoms with Crippen LogP contribution in [0.15, 0.2) is 66.7 Å². The number of benzene rings is 3. The number of pyridine rings is 1. The summed E-state index contributed by atoms with van der Waals surface area (Å²) in [6.07, 6.45) is 0. The lowest BCUT2D eigenvalue weighted by molar-refractivity contribution is 0.102. The number of nitrogens with zero attached hydrogens (tertiary/aromatic N) is 1. The van der Waals surface area contributed by atoms with Crippen molar-refractivity contribution in [2.75, 3.05) is 12.4 Å². The summed E-state index contributed by atoms with van der Waals surface area (Å²) in [5, 5.41) is 3.87. The van der Waals surface area contributed by atoms with Crippen molar-refractivity contribution < 1.29 is 9.53 Å². The van der Waals surface area contributed by atoms with Crippen molar-refractivity contribution in [1.82, 2.24) is 4.98 Å². The highest BCUT2D eigenvalue weighted by Crippen LogP contribution is 2.29. The van der Waals surface area contributed by atoms with Gasteiger partial charge < -0.3 is 10.1 Å². The number of hydrogen-bond acceptors (Lipinski definition) is 3. The molecule has 1 heterocycles. The number of amides is 1. The highest BCUT2D eigenvalue weighted by atomic mass is 16.5. The van der Waals surface area contributed by atoms with E-state index in [9.17, 15) is 4.79 Å². The summed E-state index contributed by atoms with van der Waals surface area (Å²) in [6.45, 7) is 6.10. The summed E-state index contributed by atoms with van der Waals surface area (Å²) in [5.74, 6) is 0.530. The molecule has 0 saturated carbocycles. The second-order valence-corrected chi connectivity index (χ2v) is 7.53. The Morgan fingerprint density at radius 1 is 0.900 bits per heavy atom. The predicted molar refractivity (Wildman–Crippen MR) is 122 cm³/mol. The number of ether oxygens (including phenoxy) is 1. The Morgan fingerprint density at radius 2 is 1.70 bits per heavy atom. The first-order valence-corrected chi connectivity index (χ1v) is 9.89. The highest BCUT2D eigenvalue weighted by Gasteiger charge is 2.16. The maximum absolute atomic E-state index is 13.3. The first kappa shape index (κ1) is 19.6. The summed E-state index contributed by atoms with van der Waals surface area (Å²) in [6, 6.07) is 21.5. The molecule has 3 aromatic carbocycles. The molecule has 1 N–H and O–H groups in total. The molecule has 1 aromatic heterocycles. The maximum atomic E-state index is 13.3. The number of fused-ring (bicyclic) bond motifs is 1. The number of hydrogen-bond donors (Lipinski definition) is 1. The highest BCUT2D eigenvalue weighted by molar-refractivity contribution is 6.13. The zero-order chi connectivity index (χ0) is 21.3. The molecule has 0 radical (unpaired) electrons. The van der Waals surface area contributed by atoms with Gasteiger partial charge in [0, 0.05) is 22.7 Å². The number of methoxy groups -OCH3 is 1. The third-order valence-electron chi connectivity index (χ3n) is 5.31. The van der Waals surface area contributed by atoms with Crippen LogP contribution < -0.4 is 10.1 Å². The first-order chi connectivity index (χ1) is 14.5. The van der Waals surface area contributed by atoms with Crippen molar-refractivity contribution in [2.24, 2.45) is 0 Å². The van der Waals surface area contributed by atoms with Crippen molar-refractivity contribution in [3.8, 4) is 17.0 Å². The summed E-state index contributed by atoms with van der Waals surface area (Å²) < 4.78 is 5.31. The first-order valence-electron chi connectivity index (χ1n) is 9.89. The zero-order valence-corrected chi connectivity index (χ0v) is 17.6. The van der Waals surface area contributed by atoms with Gasteiger partial charge in [-0.3, -0.25) is 4.79 Å². The van der Waals surface area contributed by atoms with E-state index < -0.39 is 0 Å². The van der Waals surface area contributed by atoms with Gasteiger partial charge in [0.2, 0.25) is 0 Å². The van der Waals surface area contributed by atoms with Gasteiger partial charge in [0.15, 0.2) is 0 Å². The monoisotopic (exact) mass is 396 g/mol. The van der Waals surface area contributed by atoms with Crippen LogP contribution in [0.4, 0.5) is 5.69 Å². The Hall–Kier alpha value is -3.66. The van der Waals surface area contributed by atoms with Crippen molar-refractivity contribution in [3.05, 3.63) is 89.0 Å². The van der Waals surface area contributed by atoms with Gasteiger partial charge >= 0.3 is 0 Å². The lowest BCUT2D eigenvalue weighted by atomic mass is 9.99. The molecule has 0 aliphatic carbocycles. The van der Waals surface area contributed by atoms with Crippen LogP contribution in [0.25, 0.3) is 22.2 Å². The smallest absolute Gasteiger partial charge is 0.256 e. The molecule has 0 atom stereocenters. The number of nitrogens with one attached hydrogen (secondary N) is 1. The van der Waals surface area contributed by atoms with Gasteiger partial charge in [0.05, 0.1) is 23.9 Å². The van der Waals surface area contributed by atoms with Crippen LogP contribution in [0.1, 0.15) is 27.0 Å². The van der Waals surface area contributed by atoms with Gasteiger partial charge in [0.25, 0.3) is 5.91 Å². The Bertz CT molecular complexity index is 1260. The minimum absolute atomic E-state index is 0.170. The zero-order valence-electron chi connectivity index (χ0n) is 17.6. The van der Waals surface area contributed by atoms with E-state index in [1.165, 1.54) is 5.56 Å². The van der Waals surface area contributed by atoms with Gasteiger partial charge in [-0.25, -0.2) is 4.98 Å². The van der Waals surface area contributed by atoms with Crippen LogP contribution >= 0.6 is 0 Å². The largest absolute Gasteiger partial charge is 0.497 e. The van der Waals surface area contributed by atoms with E-state index in [0.29, 0.717) is 11.3 Å². The van der Waals surface area contributed by atoms with Crippen LogP contribution in [-0.4, -0.2) is 18.0 Å². The molecule has 4 heteroatoms. The molecule has 1 amide bonds. The molecule has 4 rings (SSSR count). The van der Waals surface area contributed by atoms with Crippen molar-refractivity contribution in [3.63, 3.8) is 0 Å². The van der Waals surface area contributed by atoms with E-state index in [2.05, 4.69) is 37.4 Å². The molecule has 30 heavy (non-hydrogen) atoms. The van der Waals surface area contributed by atoms with E-state index in [4.69, 9.17) is 9.72 Å². The molecular weight excluding hydrogens is 372 g/mol. The van der Waals surface area contributed by atoms with Gasteiger partial charge in [-0.15, -0.1) is 0 Å². The minimum atomic E-state index is -0.170. The van der Waals surface area contributed by atoms with E-state index in [1.54, 1.807) is 7.11 Å². The normalized spacial score (nSPS) is 10.8. The van der Waals surface area contributed by atoms with Gasteiger partial charge in [-0.05, 0) is 50.1 Å². The summed E-state index contributed by atoms with van der Waals surface area (Å²) in [5.41, 5.74) is 7.23. The van der Waals surface area contributed by atoms with E-state index >= 15 is 0 Å². The van der Waals surface area contributed by atoms with Gasteiger partial charge in [-0.2, -0.15) is 0 Å². The number of anilines is 1. The van der Waals surface area contributed by atoms with Crippen LogP contribution in [0.5, 0.6) is 5.75 Å². The number of rotatable bonds is 4. The third-order valence-corrected chi connectivity index (χ3v) is 5.31. The van der Waals surface area contributed by atoms with Crippen molar-refractivity contribution >= 4 is 22.5 Å². The SMILES string of the molecule is COc1ccc(C)c(NC(=O)c2cc(-c3ccc(C)cc3C)nc3ccccc23)c1. The standard InChI is InChI=1S/C26H24N2O2/c1-16-9-12-20(18(3)13-16)25-15-22(21-7-5-6-8-23(21)27-25)26(29)28-24-14-19(30-4)11-10-17(24)2/h5-15H,1-4H3,(H,28,29). The Kier molecular flexibility index (Phi) is 5.23. The van der Waals surface area contributed by atoms with Crippen molar-refractivity contribution in [1.29, 1.82) is 0 Å². The molecule has 0 unspecified atom stereocenters. The Balaban J connectivity index is 1.82. The molecule has 0 fully saturated rings. The molecule has 0 saturated heterocycles. The lowest BCUT2D eigenvalue weighted by Crippen LogP contribution is -2.14. The van der Waals surface area contributed by atoms with Crippen LogP contribution in [-0.2, 0) is 0 Å². The minimum Gasteiger partial charge on any atom is -0.497 e. The average molecular weight is 396 g/mol. The quantitative estimate of drug-likeness (QED) is 0.454. The molecule has 0 aliphatic heterocycles. The molecular formula is C26H24N2O2. The molecule has 150 valence electrons. The number of para-hydroxylation sites is 1. The van der Waals surface area contributed by atoms with Crippen LogP contribution in [0, 0.1) is 20.8 Å². The number of carbonyl (C=O) groups is 1. The fourth-order valence-corrected chi connectivity index (χ4v) is 3.65. The van der Waals surface area contributed by atoms with Gasteiger partial charge in [0.1, 0.15) is 5.75 Å². The summed E-state index contributed by atoms with van der Waals surface area (Å²) in [7, 11) is 1.61. The maximum Gasteiger partial charge on any atom is 0.256 e. The van der Waals surface area contributed by atoms with E-state index in [-0.39, 0.29) is 5.91 Å². The third kappa shape index (κ3) is 3.77. The second kappa shape index (κ2) is 7.99. The number of carbonyl (C=O) groups excluding carboxylic acids is 1. The van der Waals surface area contributed by atoms with Crippen LogP contribution in [0.2, 0.25) is 0 Å². The lowest BCUT2D eigenvalue weighted by Gasteiger charge is -2.14. The number of aryl methyl sites for hydroxylation is 3. The Morgan fingerprint density at radius 3 is 2.47 bits per heavy atom. The predicted octanol–water partition coefficient (Wildman–Crippen LogP) is 6.09. The fraction of sp³-hybridized carbons (Fsp3) is 0.154. The van der Waals surface area contributed by atoms with Gasteiger partial charge in [-0.1, -0.05) is 48.0 Å². The van der Waals surface area contributed by atoms with Crippen LogP contribution in [0.3, 0.4) is 0 Å². The molecule has 0 spiro atoms. The molecule has 0 bridgehead atoms. The van der Waals surface area contributed by atoms with E-state index in [0.717, 1.165) is 39.0 Å². The Labute approximate surface area is 176 Å². The molecule has 4 nitrogen and oxygen atoms in total. The second-order valence-electron chi connectivity index (χ2n) is 7.53. The average Bonchev–Trinajstić information content (AvgIpc) is 2.74. The van der Waals surface area contributed by atoms with Crippen molar-refractivity contribution in [2.45, 2.75) is 20.8 Å². The fourth-order valence-electron chi connectivity index (χ4n) is 3.65. The molecule has 4 aromatic rings. The summed E-state index contributed by atoms with van der Waals surface area (Å²) in [4.78, 5) is 18.2. The summed E-state index contributed by atoms with van der Waals surface area (Å²) >= 11 is 0. The molecule has 0 aliphatic rings. The topological polar surface area (TPSA) is 51.2 Å². The number of aromatic nitrogens is 1.